The van der Waals surface area contributed by atoms with Gasteiger partial charge in [-0.25, -0.2) is 0 Å². The zero-order valence-electron chi connectivity index (χ0n) is 4.98. The fraction of sp³-hybridized carbons (Fsp3) is 1.00. The first-order valence-corrected chi connectivity index (χ1v) is 6.05. The lowest BCUT2D eigenvalue weighted by Gasteiger charge is -2.11. The second kappa shape index (κ2) is 4.66. The van der Waals surface area contributed by atoms with Crippen LogP contribution in [0.1, 0.15) is 0 Å². The summed E-state index contributed by atoms with van der Waals surface area (Å²) in [6, 6.07) is 0. The highest BCUT2D eigenvalue weighted by Gasteiger charge is 2.08. The number of hydrogen-bond acceptors (Lipinski definition) is 4. The third-order valence-corrected chi connectivity index (χ3v) is 3.15. The van der Waals surface area contributed by atoms with Gasteiger partial charge >= 0.3 is 0 Å². The molecule has 0 fully saturated rings. The molecule has 0 aliphatic carbocycles. The number of aliphatic hydroxyl groups is 1. The molecule has 0 rings (SSSR count). The van der Waals surface area contributed by atoms with Gasteiger partial charge in [-0.15, -0.1) is 0 Å². The van der Waals surface area contributed by atoms with Crippen LogP contribution in [0.15, 0.2) is 0 Å². The Labute approximate surface area is 64.7 Å². The van der Waals surface area contributed by atoms with Crippen molar-refractivity contribution in [2.45, 2.75) is 0 Å². The molecule has 1 unspecified atom stereocenters. The summed E-state index contributed by atoms with van der Waals surface area (Å²) in [7, 11) is 1.44. The van der Waals surface area contributed by atoms with Crippen molar-refractivity contribution in [1.82, 2.24) is 0 Å². The van der Waals surface area contributed by atoms with E-state index in [1.54, 1.807) is 0 Å². The Kier molecular flexibility index (Phi) is 5.11. The van der Waals surface area contributed by atoms with E-state index in [1.807, 2.05) is 0 Å². The van der Waals surface area contributed by atoms with E-state index in [9.17, 15) is 0 Å². The predicted molar refractivity (Wildman–Crippen MR) is 43.3 cm³/mol. The molecule has 0 saturated heterocycles. The third kappa shape index (κ3) is 5.33. The molecule has 0 aromatic carbocycles. The molecule has 9 heavy (non-hydrogen) atoms. The van der Waals surface area contributed by atoms with Crippen molar-refractivity contribution in [1.29, 1.82) is 0 Å². The number of hydrogen-bond donors (Lipinski definition) is 2. The first kappa shape index (κ1) is 9.88. The fourth-order valence-electron chi connectivity index (χ4n) is 0.209. The van der Waals surface area contributed by atoms with Gasteiger partial charge in [0.2, 0.25) is 5.69 Å². The molecule has 0 aromatic heterocycles. The molecule has 0 bridgehead atoms. The Morgan fingerprint density at radius 3 is 2.67 bits per heavy atom. The molecular formula is C3H9O3PS2. The van der Waals surface area contributed by atoms with Crippen LogP contribution < -0.4 is 0 Å². The van der Waals surface area contributed by atoms with Gasteiger partial charge in [-0.2, -0.15) is 0 Å². The zero-order valence-corrected chi connectivity index (χ0v) is 7.59. The molecule has 1 N–H and O–H groups in total. The van der Waals surface area contributed by atoms with Crippen molar-refractivity contribution in [3.8, 4) is 0 Å². The van der Waals surface area contributed by atoms with Crippen LogP contribution in [0, 0.1) is 0 Å². The molecule has 0 aliphatic heterocycles. The minimum Gasteiger partial charge on any atom is -0.394 e. The van der Waals surface area contributed by atoms with Crippen molar-refractivity contribution in [2.75, 3.05) is 20.3 Å². The maximum atomic E-state index is 8.28. The van der Waals surface area contributed by atoms with Crippen LogP contribution in [0.2, 0.25) is 0 Å². The molecule has 3 nitrogen and oxygen atoms in total. The summed E-state index contributed by atoms with van der Waals surface area (Å²) in [6.45, 7) is 0.136. The summed E-state index contributed by atoms with van der Waals surface area (Å²) >= 11 is 8.62. The number of rotatable bonds is 4. The second-order valence-electron chi connectivity index (χ2n) is 1.21. The van der Waals surface area contributed by atoms with E-state index in [2.05, 4.69) is 12.2 Å². The van der Waals surface area contributed by atoms with E-state index in [1.165, 1.54) is 7.11 Å². The van der Waals surface area contributed by atoms with Crippen molar-refractivity contribution < 1.29 is 14.2 Å². The first-order chi connectivity index (χ1) is 4.12. The molecular weight excluding hydrogens is 179 g/mol. The average molecular weight is 188 g/mol. The fourth-order valence-corrected chi connectivity index (χ4v) is 1.10. The largest absolute Gasteiger partial charge is 0.394 e. The monoisotopic (exact) mass is 188 g/mol. The van der Waals surface area contributed by atoms with Crippen LogP contribution in [-0.4, -0.2) is 25.4 Å². The molecule has 0 aliphatic rings. The highest BCUT2D eigenvalue weighted by Crippen LogP contribution is 2.52. The van der Waals surface area contributed by atoms with Gasteiger partial charge in [0, 0.05) is 7.11 Å². The van der Waals surface area contributed by atoms with E-state index < -0.39 is 5.69 Å². The molecule has 0 spiro atoms. The summed E-state index contributed by atoms with van der Waals surface area (Å²) in [5.41, 5.74) is -2.32. The standard InChI is InChI=1S/C3H9O3PS2/c1-5-7(8,9)6-3-2-4/h4H,2-3H2,1H3,(H,8,9). The van der Waals surface area contributed by atoms with Crippen LogP contribution >= 0.6 is 17.9 Å². The van der Waals surface area contributed by atoms with Gasteiger partial charge in [0.1, 0.15) is 0 Å². The van der Waals surface area contributed by atoms with E-state index in [-0.39, 0.29) is 13.2 Å². The lowest BCUT2D eigenvalue weighted by atomic mass is 10.8. The average Bonchev–Trinajstić information content (AvgIpc) is 1.84. The first-order valence-electron chi connectivity index (χ1n) is 2.26. The number of thiol groups is 1. The topological polar surface area (TPSA) is 38.7 Å². The third-order valence-electron chi connectivity index (χ3n) is 0.576. The summed E-state index contributed by atoms with van der Waals surface area (Å²) in [6.07, 6.45) is 0. The Morgan fingerprint density at radius 1 is 1.78 bits per heavy atom. The van der Waals surface area contributed by atoms with E-state index in [0.29, 0.717) is 0 Å². The van der Waals surface area contributed by atoms with E-state index in [0.717, 1.165) is 0 Å². The summed E-state index contributed by atoms with van der Waals surface area (Å²) in [5, 5.41) is 8.28. The molecule has 0 amide bonds. The minimum atomic E-state index is -2.32. The van der Waals surface area contributed by atoms with Gasteiger partial charge in [-0.3, -0.25) is 0 Å². The summed E-state index contributed by atoms with van der Waals surface area (Å²) in [4.78, 5) is 0. The Hall–Kier alpha value is 0.880. The lowest BCUT2D eigenvalue weighted by molar-refractivity contribution is 0.199. The zero-order chi connectivity index (χ0) is 7.33. The Bertz CT molecular complexity index is 118. The van der Waals surface area contributed by atoms with E-state index >= 15 is 0 Å². The van der Waals surface area contributed by atoms with Crippen molar-refractivity contribution in [3.05, 3.63) is 0 Å². The van der Waals surface area contributed by atoms with Gasteiger partial charge < -0.3 is 14.2 Å². The predicted octanol–water partition coefficient (Wildman–Crippen LogP) is 0.796. The van der Waals surface area contributed by atoms with Gasteiger partial charge in [-0.05, 0) is 11.8 Å². The highest BCUT2D eigenvalue weighted by atomic mass is 32.9. The van der Waals surface area contributed by atoms with Gasteiger partial charge in [-0.1, -0.05) is 12.2 Å². The molecule has 0 radical (unpaired) electrons. The summed E-state index contributed by atoms with van der Waals surface area (Å²) in [5.74, 6) is 0. The SMILES string of the molecule is COP(=S)(S)OCCO. The minimum absolute atomic E-state index is 0.0533. The van der Waals surface area contributed by atoms with Crippen LogP contribution in [-0.2, 0) is 20.9 Å². The van der Waals surface area contributed by atoms with Crippen LogP contribution in [0.25, 0.3) is 0 Å². The quantitative estimate of drug-likeness (QED) is 0.505. The second-order valence-corrected chi connectivity index (χ2v) is 6.60. The molecule has 0 heterocycles. The normalized spacial score (nSPS) is 17.2. The van der Waals surface area contributed by atoms with Gasteiger partial charge in [0.25, 0.3) is 0 Å². The van der Waals surface area contributed by atoms with Gasteiger partial charge in [0.15, 0.2) is 0 Å². The molecule has 6 heteroatoms. The molecule has 0 saturated carbocycles. The van der Waals surface area contributed by atoms with Crippen LogP contribution in [0.5, 0.6) is 0 Å². The van der Waals surface area contributed by atoms with Crippen molar-refractivity contribution in [3.63, 3.8) is 0 Å². The van der Waals surface area contributed by atoms with Crippen molar-refractivity contribution in [2.24, 2.45) is 0 Å². The van der Waals surface area contributed by atoms with E-state index in [4.69, 9.17) is 26.0 Å². The lowest BCUT2D eigenvalue weighted by Crippen LogP contribution is -1.94. The Morgan fingerprint density at radius 2 is 2.33 bits per heavy atom. The van der Waals surface area contributed by atoms with Crippen molar-refractivity contribution >= 4 is 29.7 Å². The summed E-state index contributed by atoms with van der Waals surface area (Å²) < 4.78 is 9.54. The number of aliphatic hydroxyl groups excluding tert-OH is 1. The Balaban J connectivity index is 3.46. The van der Waals surface area contributed by atoms with Crippen LogP contribution in [0.4, 0.5) is 0 Å². The maximum Gasteiger partial charge on any atom is 0.244 e. The molecule has 0 aromatic rings. The molecule has 1 atom stereocenters. The maximum absolute atomic E-state index is 8.28. The van der Waals surface area contributed by atoms with Crippen LogP contribution in [0.3, 0.4) is 0 Å². The highest BCUT2D eigenvalue weighted by molar-refractivity contribution is 8.60. The smallest absolute Gasteiger partial charge is 0.244 e. The molecule has 56 valence electrons. The van der Waals surface area contributed by atoms with Gasteiger partial charge in [0.05, 0.1) is 13.2 Å².